The van der Waals surface area contributed by atoms with Crippen molar-refractivity contribution in [2.24, 2.45) is 0 Å². The third-order valence-corrected chi connectivity index (χ3v) is 8.17. The fourth-order valence-corrected chi connectivity index (χ4v) is 6.07. The van der Waals surface area contributed by atoms with Gasteiger partial charge in [-0.05, 0) is 30.0 Å². The number of nitriles is 1. The van der Waals surface area contributed by atoms with Crippen LogP contribution in [0, 0.1) is 11.3 Å². The predicted octanol–water partition coefficient (Wildman–Crippen LogP) is 6.88. The third-order valence-electron chi connectivity index (χ3n) is 7.01. The van der Waals surface area contributed by atoms with Gasteiger partial charge in [0.05, 0.1) is 10.6 Å². The van der Waals surface area contributed by atoms with Gasteiger partial charge in [0.15, 0.2) is 0 Å². The zero-order chi connectivity index (χ0) is 26.4. The molecule has 3 heterocycles. The molecule has 1 N–H and O–H groups in total. The fraction of sp³-hybridized carbons (Fsp3) is 0.188. The maximum Gasteiger partial charge on any atom is 0.234 e. The number of nitrogens with one attached hydrogen (secondary N) is 1. The van der Waals surface area contributed by atoms with Crippen LogP contribution in [0.5, 0.6) is 0 Å². The topological polar surface area (TPSA) is 77.7 Å². The quantitative estimate of drug-likeness (QED) is 0.248. The lowest BCUT2D eigenvalue weighted by molar-refractivity contribution is 0.211. The molecule has 192 valence electrons. The van der Waals surface area contributed by atoms with Crippen molar-refractivity contribution >= 4 is 17.2 Å². The van der Waals surface area contributed by atoms with E-state index in [0.29, 0.717) is 6.04 Å². The first kappa shape index (κ1) is 24.9. The first-order chi connectivity index (χ1) is 19.2. The summed E-state index contributed by atoms with van der Waals surface area (Å²) < 4.78 is 0. The fourth-order valence-electron chi connectivity index (χ4n) is 4.97. The summed E-state index contributed by atoms with van der Waals surface area (Å²) in [4.78, 5) is 17.0. The maximum absolute atomic E-state index is 9.03. The second-order valence-corrected chi connectivity index (χ2v) is 10.7. The highest BCUT2D eigenvalue weighted by atomic mass is 32.1. The minimum Gasteiger partial charge on any atom is -0.367 e. The van der Waals surface area contributed by atoms with Crippen LogP contribution in [0.2, 0.25) is 0 Å². The molecule has 5 aromatic rings. The Morgan fingerprint density at radius 1 is 0.821 bits per heavy atom. The summed E-state index contributed by atoms with van der Waals surface area (Å²) in [5, 5.41) is 13.5. The van der Waals surface area contributed by atoms with Crippen LogP contribution >= 0.6 is 11.3 Å². The zero-order valence-corrected chi connectivity index (χ0v) is 22.3. The lowest BCUT2D eigenvalue weighted by Gasteiger charge is -2.32. The number of rotatable bonds is 7. The Bertz CT molecular complexity index is 1570. The molecule has 1 aliphatic heterocycles. The molecule has 7 heteroatoms. The van der Waals surface area contributed by atoms with Crippen molar-refractivity contribution in [2.75, 3.05) is 18.4 Å². The maximum atomic E-state index is 9.03. The average molecular weight is 529 g/mol. The van der Waals surface area contributed by atoms with Gasteiger partial charge < -0.3 is 5.32 Å². The molecule has 1 fully saturated rings. The molecule has 0 aliphatic carbocycles. The standard InChI is InChI=1S/C32H28N6S/c33-21-29-34-18-15-28(36-29)35-27-16-19-38(20-17-27)22-23-11-13-25(14-12-23)31-30(24-7-3-1-4-8-24)37-32(39-31)26-9-5-2-6-10-26/h1-15,18,27H,16-17,19-20,22H2,(H,34,35,36). The van der Waals surface area contributed by atoms with Crippen LogP contribution in [0.3, 0.4) is 0 Å². The summed E-state index contributed by atoms with van der Waals surface area (Å²) in [6.45, 7) is 2.97. The van der Waals surface area contributed by atoms with Gasteiger partial charge in [0.2, 0.25) is 5.82 Å². The molecule has 0 radical (unpaired) electrons. The van der Waals surface area contributed by atoms with Gasteiger partial charge >= 0.3 is 0 Å². The molecule has 1 saturated heterocycles. The predicted molar refractivity (Wildman–Crippen MR) is 157 cm³/mol. The van der Waals surface area contributed by atoms with Crippen molar-refractivity contribution < 1.29 is 0 Å². The Balaban J connectivity index is 1.14. The van der Waals surface area contributed by atoms with Crippen molar-refractivity contribution in [2.45, 2.75) is 25.4 Å². The summed E-state index contributed by atoms with van der Waals surface area (Å²) in [5.41, 5.74) is 5.82. The Hall–Kier alpha value is -4.38. The van der Waals surface area contributed by atoms with Crippen LogP contribution in [-0.2, 0) is 6.54 Å². The van der Waals surface area contributed by atoms with Crippen molar-refractivity contribution in [3.05, 3.63) is 109 Å². The second kappa shape index (κ2) is 11.6. The van der Waals surface area contributed by atoms with Crippen molar-refractivity contribution in [1.82, 2.24) is 19.9 Å². The molecule has 3 aromatic carbocycles. The van der Waals surface area contributed by atoms with Crippen molar-refractivity contribution in [3.63, 3.8) is 0 Å². The SMILES string of the molecule is N#Cc1nccc(NC2CCN(Cc3ccc(-c4sc(-c5ccccc5)nc4-c4ccccc4)cc3)CC2)n1. The number of anilines is 1. The number of piperidine rings is 1. The van der Waals surface area contributed by atoms with Gasteiger partial charge in [-0.1, -0.05) is 84.9 Å². The average Bonchev–Trinajstić information content (AvgIpc) is 3.45. The number of hydrogen-bond donors (Lipinski definition) is 1. The van der Waals surface area contributed by atoms with E-state index in [-0.39, 0.29) is 5.82 Å². The van der Waals surface area contributed by atoms with Crippen LogP contribution in [-0.4, -0.2) is 39.0 Å². The normalized spacial score (nSPS) is 14.1. The lowest BCUT2D eigenvalue weighted by Crippen LogP contribution is -2.38. The third kappa shape index (κ3) is 5.88. The summed E-state index contributed by atoms with van der Waals surface area (Å²) in [7, 11) is 0. The Kier molecular flexibility index (Phi) is 7.39. The molecule has 0 spiro atoms. The number of aromatic nitrogens is 3. The first-order valence-corrected chi connectivity index (χ1v) is 14.0. The van der Waals surface area contributed by atoms with Crippen LogP contribution in [0.1, 0.15) is 24.2 Å². The van der Waals surface area contributed by atoms with E-state index in [4.69, 9.17) is 10.2 Å². The van der Waals surface area contributed by atoms with Crippen LogP contribution in [0.15, 0.2) is 97.2 Å². The number of likely N-dealkylation sites (tertiary alicyclic amines) is 1. The van der Waals surface area contributed by atoms with Crippen molar-refractivity contribution in [3.8, 4) is 38.3 Å². The van der Waals surface area contributed by atoms with Gasteiger partial charge in [-0.3, -0.25) is 4.90 Å². The van der Waals surface area contributed by atoms with E-state index in [0.717, 1.165) is 60.1 Å². The Morgan fingerprint density at radius 2 is 1.51 bits per heavy atom. The molecule has 6 rings (SSSR count). The van der Waals surface area contributed by atoms with Crippen LogP contribution in [0.4, 0.5) is 5.82 Å². The van der Waals surface area contributed by atoms with E-state index in [9.17, 15) is 0 Å². The molecule has 1 aliphatic rings. The smallest absolute Gasteiger partial charge is 0.234 e. The van der Waals surface area contributed by atoms with Crippen LogP contribution in [0.25, 0.3) is 32.3 Å². The van der Waals surface area contributed by atoms with E-state index in [1.54, 1.807) is 17.5 Å². The van der Waals surface area contributed by atoms with E-state index < -0.39 is 0 Å². The monoisotopic (exact) mass is 528 g/mol. The molecular weight excluding hydrogens is 500 g/mol. The number of hydrogen-bond acceptors (Lipinski definition) is 7. The molecular formula is C32H28N6S. The minimum absolute atomic E-state index is 0.200. The number of benzene rings is 3. The summed E-state index contributed by atoms with van der Waals surface area (Å²) >= 11 is 1.75. The molecule has 0 atom stereocenters. The summed E-state index contributed by atoms with van der Waals surface area (Å²) in [6.07, 6.45) is 3.70. The molecule has 39 heavy (non-hydrogen) atoms. The second-order valence-electron chi connectivity index (χ2n) is 9.70. The van der Waals surface area contributed by atoms with Gasteiger partial charge in [-0.15, -0.1) is 11.3 Å². The molecule has 2 aromatic heterocycles. The molecule has 0 bridgehead atoms. The van der Waals surface area contributed by atoms with Gasteiger partial charge in [-0.25, -0.2) is 15.0 Å². The summed E-state index contributed by atoms with van der Waals surface area (Å²) in [6, 6.07) is 34.0. The van der Waals surface area contributed by atoms with Gasteiger partial charge in [0, 0.05) is 43.0 Å². The molecule has 0 amide bonds. The van der Waals surface area contributed by atoms with E-state index in [2.05, 4.69) is 93.0 Å². The number of thiazole rings is 1. The molecule has 0 saturated carbocycles. The number of nitrogens with zero attached hydrogens (tertiary/aromatic N) is 5. The van der Waals surface area contributed by atoms with Crippen molar-refractivity contribution in [1.29, 1.82) is 5.26 Å². The first-order valence-electron chi connectivity index (χ1n) is 13.2. The van der Waals surface area contributed by atoms with E-state index >= 15 is 0 Å². The van der Waals surface area contributed by atoms with E-state index in [1.165, 1.54) is 16.0 Å². The largest absolute Gasteiger partial charge is 0.367 e. The summed E-state index contributed by atoms with van der Waals surface area (Å²) in [5.74, 6) is 0.926. The van der Waals surface area contributed by atoms with Gasteiger partial charge in [0.1, 0.15) is 16.9 Å². The zero-order valence-electron chi connectivity index (χ0n) is 21.5. The Labute approximate surface area is 232 Å². The molecule has 6 nitrogen and oxygen atoms in total. The van der Waals surface area contributed by atoms with Gasteiger partial charge in [-0.2, -0.15) is 5.26 Å². The highest BCUT2D eigenvalue weighted by molar-refractivity contribution is 7.19. The lowest BCUT2D eigenvalue weighted by atomic mass is 10.0. The highest BCUT2D eigenvalue weighted by Crippen LogP contribution is 2.40. The highest BCUT2D eigenvalue weighted by Gasteiger charge is 2.20. The Morgan fingerprint density at radius 3 is 2.21 bits per heavy atom. The van der Waals surface area contributed by atoms with Crippen LogP contribution < -0.4 is 5.32 Å². The minimum atomic E-state index is 0.200. The van der Waals surface area contributed by atoms with E-state index in [1.807, 2.05) is 24.3 Å². The molecule has 0 unspecified atom stereocenters. The van der Waals surface area contributed by atoms with Gasteiger partial charge in [0.25, 0.3) is 0 Å².